The Balaban J connectivity index is 2.15. The molecular weight excluding hydrogens is 294 g/mol. The zero-order valence-electron chi connectivity index (χ0n) is 12.1. The fourth-order valence-electron chi connectivity index (χ4n) is 2.47. The average Bonchev–Trinajstić information content (AvgIpc) is 2.92. The Morgan fingerprint density at radius 2 is 1.95 bits per heavy atom. The normalized spacial score (nSPS) is 11.6. The largest absolute Gasteiger partial charge is 0.324 e. The molecule has 0 saturated carbocycles. The van der Waals surface area contributed by atoms with Gasteiger partial charge in [0.1, 0.15) is 6.07 Å². The van der Waals surface area contributed by atoms with Crippen molar-refractivity contribution in [2.45, 2.75) is 13.5 Å². The maximum absolute atomic E-state index is 9.54. The molecule has 0 bridgehead atoms. The van der Waals surface area contributed by atoms with Crippen LogP contribution in [0.15, 0.2) is 48.5 Å². The van der Waals surface area contributed by atoms with E-state index in [0.717, 1.165) is 23.1 Å². The van der Waals surface area contributed by atoms with Gasteiger partial charge in [0, 0.05) is 11.6 Å². The van der Waals surface area contributed by atoms with Crippen LogP contribution in [-0.4, -0.2) is 9.55 Å². The Labute approximate surface area is 134 Å². The van der Waals surface area contributed by atoms with Crippen molar-refractivity contribution in [2.24, 2.45) is 0 Å². The van der Waals surface area contributed by atoms with Crippen LogP contribution in [-0.2, 0) is 6.54 Å². The molecule has 4 heteroatoms. The monoisotopic (exact) mass is 307 g/mol. The van der Waals surface area contributed by atoms with E-state index in [9.17, 15) is 5.26 Å². The number of halogens is 1. The molecule has 1 heterocycles. The number of rotatable bonds is 3. The van der Waals surface area contributed by atoms with Gasteiger partial charge in [0.25, 0.3) is 0 Å². The third kappa shape index (κ3) is 2.61. The summed E-state index contributed by atoms with van der Waals surface area (Å²) in [5.74, 6) is 0.696. The number of fused-ring (bicyclic) bond motifs is 1. The van der Waals surface area contributed by atoms with Gasteiger partial charge in [-0.2, -0.15) is 5.26 Å². The van der Waals surface area contributed by atoms with E-state index >= 15 is 0 Å². The summed E-state index contributed by atoms with van der Waals surface area (Å²) in [5.41, 5.74) is 3.41. The molecule has 22 heavy (non-hydrogen) atoms. The summed E-state index contributed by atoms with van der Waals surface area (Å²) in [6, 6.07) is 17.6. The Hall–Kier alpha value is -2.57. The van der Waals surface area contributed by atoms with Crippen LogP contribution < -0.4 is 0 Å². The molecule has 0 fully saturated rings. The quantitative estimate of drug-likeness (QED) is 0.654. The Morgan fingerprint density at radius 1 is 1.23 bits per heavy atom. The molecule has 108 valence electrons. The van der Waals surface area contributed by atoms with Crippen molar-refractivity contribution in [3.8, 4) is 6.07 Å². The highest BCUT2D eigenvalue weighted by Gasteiger charge is 2.13. The highest BCUT2D eigenvalue weighted by Crippen LogP contribution is 2.23. The number of hydrogen-bond donors (Lipinski definition) is 0. The van der Waals surface area contributed by atoms with Crippen LogP contribution >= 0.6 is 11.6 Å². The Bertz CT molecular complexity index is 883. The van der Waals surface area contributed by atoms with E-state index in [-0.39, 0.29) is 0 Å². The number of nitrogens with zero attached hydrogens (tertiary/aromatic N) is 3. The van der Waals surface area contributed by atoms with Gasteiger partial charge in [0.05, 0.1) is 16.6 Å². The van der Waals surface area contributed by atoms with Crippen molar-refractivity contribution in [1.82, 2.24) is 9.55 Å². The van der Waals surface area contributed by atoms with Gasteiger partial charge >= 0.3 is 0 Å². The molecule has 0 aliphatic heterocycles. The van der Waals surface area contributed by atoms with E-state index in [1.807, 2.05) is 54.6 Å². The molecule has 3 aromatic rings. The van der Waals surface area contributed by atoms with Gasteiger partial charge in [-0.15, -0.1) is 0 Å². The van der Waals surface area contributed by atoms with Gasteiger partial charge in [-0.1, -0.05) is 35.9 Å². The first-order valence-corrected chi connectivity index (χ1v) is 7.43. The summed E-state index contributed by atoms with van der Waals surface area (Å²) in [7, 11) is 0. The minimum atomic E-state index is 0.542. The Kier molecular flexibility index (Phi) is 3.95. The topological polar surface area (TPSA) is 41.6 Å². The van der Waals surface area contributed by atoms with Gasteiger partial charge < -0.3 is 4.57 Å². The molecular formula is C18H14ClN3. The molecule has 0 atom stereocenters. The number of aromatic nitrogens is 2. The number of allylic oxidation sites excluding steroid dienone is 1. The van der Waals surface area contributed by atoms with Crippen LogP contribution in [0, 0.1) is 11.3 Å². The molecule has 2 aromatic carbocycles. The lowest BCUT2D eigenvalue weighted by Gasteiger charge is -2.05. The van der Waals surface area contributed by atoms with E-state index in [2.05, 4.69) is 22.5 Å². The number of para-hydroxylation sites is 2. The zero-order chi connectivity index (χ0) is 15.5. The van der Waals surface area contributed by atoms with E-state index in [1.165, 1.54) is 0 Å². The Morgan fingerprint density at radius 3 is 2.64 bits per heavy atom. The standard InChI is InChI=1S/C18H14ClN3/c1-2-22-17-6-4-3-5-16(17)21-18(22)14(12-20)11-13-7-9-15(19)10-8-13/h3-11H,2H2,1H3. The molecule has 1 aromatic heterocycles. The van der Waals surface area contributed by atoms with Crippen LogP contribution in [0.4, 0.5) is 0 Å². The molecule has 3 rings (SSSR count). The lowest BCUT2D eigenvalue weighted by molar-refractivity contribution is 0.775. The first-order chi connectivity index (χ1) is 10.7. The molecule has 3 nitrogen and oxygen atoms in total. The number of hydrogen-bond acceptors (Lipinski definition) is 2. The molecule has 0 N–H and O–H groups in total. The number of benzene rings is 2. The van der Waals surface area contributed by atoms with Crippen LogP contribution in [0.3, 0.4) is 0 Å². The number of aryl methyl sites for hydroxylation is 1. The minimum Gasteiger partial charge on any atom is -0.324 e. The van der Waals surface area contributed by atoms with E-state index in [0.29, 0.717) is 16.4 Å². The summed E-state index contributed by atoms with van der Waals surface area (Å²) in [6.45, 7) is 2.81. The maximum atomic E-state index is 9.54. The third-order valence-corrected chi connectivity index (χ3v) is 3.77. The fourth-order valence-corrected chi connectivity index (χ4v) is 2.60. The smallest absolute Gasteiger partial charge is 0.151 e. The molecule has 0 amide bonds. The molecule has 0 unspecified atom stereocenters. The van der Waals surface area contributed by atoms with Gasteiger partial charge in [-0.25, -0.2) is 4.98 Å². The van der Waals surface area contributed by atoms with Crippen LogP contribution in [0.5, 0.6) is 0 Å². The highest BCUT2D eigenvalue weighted by molar-refractivity contribution is 6.30. The number of nitriles is 1. The van der Waals surface area contributed by atoms with Crippen molar-refractivity contribution in [3.05, 3.63) is 64.9 Å². The molecule has 0 aliphatic rings. The number of imidazole rings is 1. The zero-order valence-corrected chi connectivity index (χ0v) is 12.9. The van der Waals surface area contributed by atoms with Gasteiger partial charge in [0.15, 0.2) is 5.82 Å². The van der Waals surface area contributed by atoms with Crippen LogP contribution in [0.1, 0.15) is 18.3 Å². The molecule has 0 radical (unpaired) electrons. The van der Waals surface area contributed by atoms with Gasteiger partial charge in [-0.3, -0.25) is 0 Å². The van der Waals surface area contributed by atoms with Gasteiger partial charge in [0.2, 0.25) is 0 Å². The predicted octanol–water partition coefficient (Wildman–Crippen LogP) is 4.77. The maximum Gasteiger partial charge on any atom is 0.151 e. The molecule has 0 spiro atoms. The lowest BCUT2D eigenvalue weighted by atomic mass is 10.1. The van der Waals surface area contributed by atoms with Crippen LogP contribution in [0.25, 0.3) is 22.7 Å². The molecule has 0 aliphatic carbocycles. The molecule has 0 saturated heterocycles. The minimum absolute atomic E-state index is 0.542. The van der Waals surface area contributed by atoms with Crippen molar-refractivity contribution in [1.29, 1.82) is 5.26 Å². The van der Waals surface area contributed by atoms with Crippen molar-refractivity contribution in [3.63, 3.8) is 0 Å². The van der Waals surface area contributed by atoms with Crippen LogP contribution in [0.2, 0.25) is 5.02 Å². The first-order valence-electron chi connectivity index (χ1n) is 7.06. The van der Waals surface area contributed by atoms with Crippen molar-refractivity contribution in [2.75, 3.05) is 0 Å². The van der Waals surface area contributed by atoms with Crippen molar-refractivity contribution < 1.29 is 0 Å². The summed E-state index contributed by atoms with van der Waals surface area (Å²) < 4.78 is 2.06. The summed E-state index contributed by atoms with van der Waals surface area (Å²) in [4.78, 5) is 4.61. The highest BCUT2D eigenvalue weighted by atomic mass is 35.5. The second-order valence-electron chi connectivity index (χ2n) is 4.89. The van der Waals surface area contributed by atoms with Gasteiger partial charge in [-0.05, 0) is 42.8 Å². The first kappa shape index (κ1) is 14.4. The van der Waals surface area contributed by atoms with E-state index in [4.69, 9.17) is 11.6 Å². The van der Waals surface area contributed by atoms with Crippen molar-refractivity contribution >= 4 is 34.3 Å². The lowest BCUT2D eigenvalue weighted by Crippen LogP contribution is -2.00. The second kappa shape index (κ2) is 6.05. The van der Waals surface area contributed by atoms with E-state index in [1.54, 1.807) is 0 Å². The summed E-state index contributed by atoms with van der Waals surface area (Å²) >= 11 is 5.90. The summed E-state index contributed by atoms with van der Waals surface area (Å²) in [6.07, 6.45) is 1.84. The SMILES string of the molecule is CCn1c(C(C#N)=Cc2ccc(Cl)cc2)nc2ccccc21. The second-order valence-corrected chi connectivity index (χ2v) is 5.33. The van der Waals surface area contributed by atoms with E-state index < -0.39 is 0 Å². The third-order valence-electron chi connectivity index (χ3n) is 3.51. The average molecular weight is 308 g/mol. The predicted molar refractivity (Wildman–Crippen MR) is 90.3 cm³/mol. The fraction of sp³-hybridized carbons (Fsp3) is 0.111. The summed E-state index contributed by atoms with van der Waals surface area (Å²) in [5, 5.41) is 10.2.